The molecule has 32 heavy (non-hydrogen) atoms. The van der Waals surface area contributed by atoms with Crippen molar-refractivity contribution in [3.8, 4) is 5.75 Å². The van der Waals surface area contributed by atoms with Gasteiger partial charge in [0.15, 0.2) is 0 Å². The number of likely N-dealkylation sites (N-methyl/N-ethyl adjacent to an activating group) is 1. The average Bonchev–Trinajstić information content (AvgIpc) is 2.81. The molecule has 0 saturated carbocycles. The number of carbonyl (C=O) groups is 2. The van der Waals surface area contributed by atoms with E-state index in [0.29, 0.717) is 27.7 Å². The molecule has 0 spiro atoms. The number of nitrogens with zero attached hydrogens (tertiary/aromatic N) is 1. The van der Waals surface area contributed by atoms with Crippen molar-refractivity contribution in [2.24, 2.45) is 0 Å². The molecule has 0 saturated heterocycles. The predicted octanol–water partition coefficient (Wildman–Crippen LogP) is 5.39. The first-order valence-corrected chi connectivity index (χ1v) is 11.1. The van der Waals surface area contributed by atoms with E-state index in [9.17, 15) is 9.59 Å². The van der Waals surface area contributed by atoms with Crippen molar-refractivity contribution in [3.63, 3.8) is 0 Å². The molecule has 0 fully saturated rings. The number of methoxy groups -OCH3 is 1. The van der Waals surface area contributed by atoms with E-state index in [2.05, 4.69) is 5.32 Å². The summed E-state index contributed by atoms with van der Waals surface area (Å²) in [6.45, 7) is 0.399. The number of anilines is 1. The second-order valence-electron chi connectivity index (χ2n) is 7.24. The molecule has 0 radical (unpaired) electrons. The SMILES string of the molecule is COc1ccc(CNC(=O)c2ccc3c(c2)N(C)C(=O)C(=Cc2cccc(Cl)c2)S3)cc1. The monoisotopic (exact) mass is 464 g/mol. The van der Waals surface area contributed by atoms with Crippen molar-refractivity contribution in [1.29, 1.82) is 0 Å². The van der Waals surface area contributed by atoms with Crippen molar-refractivity contribution < 1.29 is 14.3 Å². The fourth-order valence-electron chi connectivity index (χ4n) is 3.31. The Bertz CT molecular complexity index is 1210. The molecule has 1 N–H and O–H groups in total. The number of thioether (sulfide) groups is 1. The summed E-state index contributed by atoms with van der Waals surface area (Å²) in [5.41, 5.74) is 3.04. The minimum Gasteiger partial charge on any atom is -0.497 e. The van der Waals surface area contributed by atoms with Crippen LogP contribution in [0.3, 0.4) is 0 Å². The fourth-order valence-corrected chi connectivity index (χ4v) is 4.60. The van der Waals surface area contributed by atoms with E-state index in [1.807, 2.05) is 54.6 Å². The minimum atomic E-state index is -0.199. The Balaban J connectivity index is 1.50. The highest BCUT2D eigenvalue weighted by Crippen LogP contribution is 2.42. The van der Waals surface area contributed by atoms with Crippen molar-refractivity contribution in [1.82, 2.24) is 5.32 Å². The maximum absolute atomic E-state index is 12.9. The lowest BCUT2D eigenvalue weighted by Gasteiger charge is -2.27. The summed E-state index contributed by atoms with van der Waals surface area (Å²) in [5.74, 6) is 0.441. The summed E-state index contributed by atoms with van der Waals surface area (Å²) in [5, 5.41) is 3.54. The Morgan fingerprint density at radius 3 is 2.62 bits per heavy atom. The highest BCUT2D eigenvalue weighted by molar-refractivity contribution is 8.04. The van der Waals surface area contributed by atoms with Crippen molar-refractivity contribution in [2.75, 3.05) is 19.1 Å². The van der Waals surface area contributed by atoms with Gasteiger partial charge in [-0.25, -0.2) is 0 Å². The minimum absolute atomic E-state index is 0.127. The maximum Gasteiger partial charge on any atom is 0.264 e. The van der Waals surface area contributed by atoms with Gasteiger partial charge >= 0.3 is 0 Å². The summed E-state index contributed by atoms with van der Waals surface area (Å²) in [4.78, 5) is 28.7. The average molecular weight is 465 g/mol. The molecule has 0 aliphatic carbocycles. The molecule has 1 heterocycles. The van der Waals surface area contributed by atoms with Crippen molar-refractivity contribution in [3.05, 3.63) is 93.3 Å². The van der Waals surface area contributed by atoms with E-state index in [1.54, 1.807) is 37.3 Å². The molecular formula is C25H21ClN2O3S. The van der Waals surface area contributed by atoms with Gasteiger partial charge in [-0.05, 0) is 59.7 Å². The van der Waals surface area contributed by atoms with Gasteiger partial charge in [-0.1, -0.05) is 47.6 Å². The highest BCUT2D eigenvalue weighted by atomic mass is 35.5. The zero-order valence-corrected chi connectivity index (χ0v) is 19.2. The number of fused-ring (bicyclic) bond motifs is 1. The smallest absolute Gasteiger partial charge is 0.264 e. The second-order valence-corrected chi connectivity index (χ2v) is 8.76. The summed E-state index contributed by atoms with van der Waals surface area (Å²) >= 11 is 7.45. The Morgan fingerprint density at radius 2 is 1.91 bits per heavy atom. The molecule has 1 aliphatic rings. The third-order valence-corrected chi connectivity index (χ3v) is 6.39. The summed E-state index contributed by atoms with van der Waals surface area (Å²) in [6, 6.07) is 20.3. The number of benzene rings is 3. The van der Waals surface area contributed by atoms with Gasteiger partial charge in [0.2, 0.25) is 0 Å². The highest BCUT2D eigenvalue weighted by Gasteiger charge is 2.27. The quantitative estimate of drug-likeness (QED) is 0.514. The van der Waals surface area contributed by atoms with Gasteiger partial charge in [0.05, 0.1) is 17.7 Å². The number of rotatable bonds is 5. The van der Waals surface area contributed by atoms with Crippen LogP contribution in [0.25, 0.3) is 6.08 Å². The molecule has 2 amide bonds. The zero-order chi connectivity index (χ0) is 22.7. The summed E-state index contributed by atoms with van der Waals surface area (Å²) in [6.07, 6.45) is 1.83. The number of nitrogens with one attached hydrogen (secondary N) is 1. The zero-order valence-electron chi connectivity index (χ0n) is 17.6. The van der Waals surface area contributed by atoms with Crippen LogP contribution in [0, 0.1) is 0 Å². The number of amides is 2. The first kappa shape index (κ1) is 22.0. The standard InChI is InChI=1S/C25H21ClN2O3S/c1-28-21-14-18(24(29)27-15-16-6-9-20(31-2)10-7-16)8-11-22(21)32-23(25(28)30)13-17-4-3-5-19(26)12-17/h3-14H,15H2,1-2H3,(H,27,29). The Labute approximate surface area is 196 Å². The van der Waals surface area contributed by atoms with Gasteiger partial charge in [0.25, 0.3) is 11.8 Å². The molecule has 0 unspecified atom stereocenters. The molecule has 5 nitrogen and oxygen atoms in total. The molecule has 3 aromatic rings. The molecule has 162 valence electrons. The van der Waals surface area contributed by atoms with Crippen molar-refractivity contribution in [2.45, 2.75) is 11.4 Å². The fraction of sp³-hybridized carbons (Fsp3) is 0.120. The van der Waals surface area contributed by atoms with Crippen LogP contribution in [0.1, 0.15) is 21.5 Å². The summed E-state index contributed by atoms with van der Waals surface area (Å²) < 4.78 is 5.15. The lowest BCUT2D eigenvalue weighted by atomic mass is 10.1. The van der Waals surface area contributed by atoms with E-state index >= 15 is 0 Å². The van der Waals surface area contributed by atoms with Crippen molar-refractivity contribution >= 4 is 46.9 Å². The van der Waals surface area contributed by atoms with Gasteiger partial charge in [-0.2, -0.15) is 0 Å². The van der Waals surface area contributed by atoms with Crippen LogP contribution in [0.2, 0.25) is 5.02 Å². The molecule has 1 aliphatic heterocycles. The van der Waals surface area contributed by atoms with Gasteiger partial charge in [-0.15, -0.1) is 0 Å². The lowest BCUT2D eigenvalue weighted by molar-refractivity contribution is -0.114. The van der Waals surface area contributed by atoms with Crippen LogP contribution < -0.4 is 15.0 Å². The van der Waals surface area contributed by atoms with Gasteiger partial charge in [-0.3, -0.25) is 9.59 Å². The predicted molar refractivity (Wildman–Crippen MR) is 129 cm³/mol. The maximum atomic E-state index is 12.9. The third-order valence-electron chi connectivity index (χ3n) is 5.08. The lowest BCUT2D eigenvalue weighted by Crippen LogP contribution is -2.31. The van der Waals surface area contributed by atoms with E-state index in [-0.39, 0.29) is 11.8 Å². The van der Waals surface area contributed by atoms with E-state index < -0.39 is 0 Å². The second kappa shape index (κ2) is 9.51. The first-order valence-electron chi connectivity index (χ1n) is 9.93. The number of halogens is 1. The molecule has 3 aromatic carbocycles. The van der Waals surface area contributed by atoms with Crippen LogP contribution >= 0.6 is 23.4 Å². The Kier molecular flexibility index (Phi) is 6.53. The normalized spacial score (nSPS) is 14.3. The number of hydrogen-bond acceptors (Lipinski definition) is 4. The molecule has 0 bridgehead atoms. The van der Waals surface area contributed by atoms with E-state index in [0.717, 1.165) is 21.8 Å². The van der Waals surface area contributed by atoms with Crippen LogP contribution in [0.5, 0.6) is 5.75 Å². The summed E-state index contributed by atoms with van der Waals surface area (Å²) in [7, 11) is 3.33. The Morgan fingerprint density at radius 1 is 1.12 bits per heavy atom. The molecular weight excluding hydrogens is 444 g/mol. The van der Waals surface area contributed by atoms with Crippen LogP contribution in [0.4, 0.5) is 5.69 Å². The number of carbonyl (C=O) groups excluding carboxylic acids is 2. The van der Waals surface area contributed by atoms with Gasteiger partial charge in [0.1, 0.15) is 5.75 Å². The largest absolute Gasteiger partial charge is 0.497 e. The molecule has 0 atom stereocenters. The van der Waals surface area contributed by atoms with Crippen LogP contribution in [-0.2, 0) is 11.3 Å². The topological polar surface area (TPSA) is 58.6 Å². The Hall–Kier alpha value is -3.22. The number of ether oxygens (including phenoxy) is 1. The van der Waals surface area contributed by atoms with Gasteiger partial charge in [0, 0.05) is 29.1 Å². The van der Waals surface area contributed by atoms with Gasteiger partial charge < -0.3 is 15.0 Å². The van der Waals surface area contributed by atoms with E-state index in [1.165, 1.54) is 11.8 Å². The van der Waals surface area contributed by atoms with Crippen LogP contribution in [-0.4, -0.2) is 26.0 Å². The number of hydrogen-bond donors (Lipinski definition) is 1. The molecule has 4 rings (SSSR count). The molecule has 0 aromatic heterocycles. The third kappa shape index (κ3) is 4.82. The molecule has 7 heteroatoms. The first-order chi connectivity index (χ1) is 15.4. The van der Waals surface area contributed by atoms with E-state index in [4.69, 9.17) is 16.3 Å². The van der Waals surface area contributed by atoms with Crippen LogP contribution in [0.15, 0.2) is 76.5 Å².